The van der Waals surface area contributed by atoms with E-state index in [-0.39, 0.29) is 5.60 Å². The van der Waals surface area contributed by atoms with Gasteiger partial charge >= 0.3 is 0 Å². The highest BCUT2D eigenvalue weighted by Crippen LogP contribution is 2.43. The molecule has 1 unspecified atom stereocenters. The molecule has 2 heterocycles. The van der Waals surface area contributed by atoms with Gasteiger partial charge in [-0.3, -0.25) is 0 Å². The highest BCUT2D eigenvalue weighted by Gasteiger charge is 2.36. The summed E-state index contributed by atoms with van der Waals surface area (Å²) in [6.07, 6.45) is 11.9. The highest BCUT2D eigenvalue weighted by molar-refractivity contribution is 5.85. The Morgan fingerprint density at radius 3 is 2.72 bits per heavy atom. The van der Waals surface area contributed by atoms with Crippen molar-refractivity contribution in [1.29, 1.82) is 0 Å². The first-order valence-electron chi connectivity index (χ1n) is 11.2. The molecule has 154 valence electrons. The first-order valence-corrected chi connectivity index (χ1v) is 11.2. The van der Waals surface area contributed by atoms with Crippen LogP contribution in [0.4, 0.5) is 0 Å². The molecule has 0 amide bonds. The Morgan fingerprint density at radius 2 is 1.93 bits per heavy atom. The first kappa shape index (κ1) is 20.0. The Balaban J connectivity index is 1.57. The number of ether oxygens (including phenoxy) is 2. The fraction of sp³-hybridized carbons (Fsp3) is 0.462. The van der Waals surface area contributed by atoms with Gasteiger partial charge in [0.1, 0.15) is 12.4 Å². The van der Waals surface area contributed by atoms with Crippen LogP contribution in [-0.2, 0) is 16.9 Å². The molecule has 1 atom stereocenters. The molecule has 2 aromatic carbocycles. The van der Waals surface area contributed by atoms with Gasteiger partial charge in [-0.1, -0.05) is 62.9 Å². The molecule has 1 aliphatic heterocycles. The third-order valence-corrected chi connectivity index (χ3v) is 6.18. The highest BCUT2D eigenvalue weighted by atomic mass is 16.5. The number of nitrogens with one attached hydrogen (secondary N) is 1. The zero-order valence-electron chi connectivity index (χ0n) is 17.6. The Bertz CT molecular complexity index is 893. The number of aromatic nitrogens is 1. The van der Waals surface area contributed by atoms with E-state index in [2.05, 4.69) is 60.6 Å². The third kappa shape index (κ3) is 4.67. The lowest BCUT2D eigenvalue weighted by Crippen LogP contribution is -2.33. The van der Waals surface area contributed by atoms with Crippen molar-refractivity contribution in [2.75, 3.05) is 6.61 Å². The van der Waals surface area contributed by atoms with Crippen LogP contribution in [0, 0.1) is 0 Å². The molecule has 0 saturated carbocycles. The zero-order valence-corrected chi connectivity index (χ0v) is 17.6. The molecule has 1 fully saturated rings. The maximum atomic E-state index is 6.51. The van der Waals surface area contributed by atoms with Crippen LogP contribution in [0.5, 0.6) is 5.75 Å². The van der Waals surface area contributed by atoms with Crippen LogP contribution in [0.2, 0.25) is 0 Å². The van der Waals surface area contributed by atoms with Gasteiger partial charge in [-0.2, -0.15) is 0 Å². The summed E-state index contributed by atoms with van der Waals surface area (Å²) in [5.41, 5.74) is 3.51. The van der Waals surface area contributed by atoms with Crippen LogP contribution < -0.4 is 4.74 Å². The second-order valence-electron chi connectivity index (χ2n) is 8.29. The van der Waals surface area contributed by atoms with Crippen molar-refractivity contribution in [3.05, 3.63) is 65.9 Å². The number of benzene rings is 2. The Morgan fingerprint density at radius 1 is 1.03 bits per heavy atom. The van der Waals surface area contributed by atoms with Gasteiger partial charge in [0, 0.05) is 29.3 Å². The predicted molar refractivity (Wildman–Crippen MR) is 119 cm³/mol. The van der Waals surface area contributed by atoms with Gasteiger partial charge in [-0.25, -0.2) is 0 Å². The Labute approximate surface area is 174 Å². The van der Waals surface area contributed by atoms with Crippen LogP contribution >= 0.6 is 0 Å². The SMILES string of the molecule is CCCCCCC1(c2c[nH]c3ccc(OCc4ccccc4)cc23)CCCCO1. The molecule has 4 rings (SSSR count). The van der Waals surface area contributed by atoms with E-state index in [0.717, 1.165) is 30.7 Å². The lowest BCUT2D eigenvalue weighted by molar-refractivity contribution is -0.0898. The fourth-order valence-corrected chi connectivity index (χ4v) is 4.54. The minimum absolute atomic E-state index is 0.151. The van der Waals surface area contributed by atoms with Gasteiger partial charge in [0.25, 0.3) is 0 Å². The van der Waals surface area contributed by atoms with Gasteiger partial charge in [0.2, 0.25) is 0 Å². The lowest BCUT2D eigenvalue weighted by Gasteiger charge is -2.37. The molecule has 3 nitrogen and oxygen atoms in total. The van der Waals surface area contributed by atoms with Crippen molar-refractivity contribution in [1.82, 2.24) is 4.98 Å². The summed E-state index contributed by atoms with van der Waals surface area (Å²) in [6.45, 7) is 3.72. The summed E-state index contributed by atoms with van der Waals surface area (Å²) in [5.74, 6) is 0.916. The van der Waals surface area contributed by atoms with Crippen molar-refractivity contribution in [2.24, 2.45) is 0 Å². The van der Waals surface area contributed by atoms with Crippen molar-refractivity contribution < 1.29 is 9.47 Å². The van der Waals surface area contributed by atoms with Gasteiger partial charge in [0.15, 0.2) is 0 Å². The second-order valence-corrected chi connectivity index (χ2v) is 8.29. The van der Waals surface area contributed by atoms with E-state index in [0.29, 0.717) is 6.61 Å². The maximum absolute atomic E-state index is 6.51. The number of aromatic amines is 1. The topological polar surface area (TPSA) is 34.2 Å². The van der Waals surface area contributed by atoms with E-state index in [9.17, 15) is 0 Å². The van der Waals surface area contributed by atoms with Crippen LogP contribution in [0.3, 0.4) is 0 Å². The van der Waals surface area contributed by atoms with E-state index in [1.807, 2.05) is 6.07 Å². The first-order chi connectivity index (χ1) is 14.3. The van der Waals surface area contributed by atoms with Gasteiger partial charge < -0.3 is 14.5 Å². The quantitative estimate of drug-likeness (QED) is 0.394. The molecule has 0 radical (unpaired) electrons. The summed E-state index contributed by atoms with van der Waals surface area (Å²) in [4.78, 5) is 3.48. The van der Waals surface area contributed by atoms with E-state index < -0.39 is 0 Å². The molecule has 3 heteroatoms. The summed E-state index contributed by atoms with van der Waals surface area (Å²) in [6, 6.07) is 16.7. The second kappa shape index (κ2) is 9.49. The standard InChI is InChI=1S/C26H33NO2/c1-2-3-4-8-15-26(16-9-10-17-29-26)24-19-27-25-14-13-22(18-23(24)25)28-20-21-11-6-5-7-12-21/h5-7,11-14,18-19,27H,2-4,8-10,15-17,20H2,1H3. The molecular formula is C26H33NO2. The number of rotatable bonds is 9. The minimum atomic E-state index is -0.151. The maximum Gasteiger partial charge on any atom is 0.120 e. The van der Waals surface area contributed by atoms with Gasteiger partial charge in [0.05, 0.1) is 5.60 Å². The summed E-state index contributed by atoms with van der Waals surface area (Å²) < 4.78 is 12.6. The number of fused-ring (bicyclic) bond motifs is 1. The normalized spacial score (nSPS) is 19.5. The molecular weight excluding hydrogens is 358 g/mol. The predicted octanol–water partition coefficient (Wildman–Crippen LogP) is 7.11. The molecule has 0 bridgehead atoms. The van der Waals surface area contributed by atoms with Crippen LogP contribution in [0.1, 0.15) is 69.4 Å². The Kier molecular flexibility index (Phi) is 6.56. The van der Waals surface area contributed by atoms with Crippen LogP contribution in [0.15, 0.2) is 54.7 Å². The molecule has 1 aromatic heterocycles. The number of H-pyrrole nitrogens is 1. The number of hydrogen-bond donors (Lipinski definition) is 1. The lowest BCUT2D eigenvalue weighted by atomic mass is 9.82. The molecule has 3 aromatic rings. The van der Waals surface area contributed by atoms with Gasteiger partial charge in [-0.15, -0.1) is 0 Å². The van der Waals surface area contributed by atoms with Crippen molar-refractivity contribution in [2.45, 2.75) is 70.5 Å². The van der Waals surface area contributed by atoms with Crippen molar-refractivity contribution >= 4 is 10.9 Å². The molecule has 1 aliphatic rings. The monoisotopic (exact) mass is 391 g/mol. The summed E-state index contributed by atoms with van der Waals surface area (Å²) >= 11 is 0. The van der Waals surface area contributed by atoms with Crippen molar-refractivity contribution in [3.63, 3.8) is 0 Å². The molecule has 29 heavy (non-hydrogen) atoms. The van der Waals surface area contributed by atoms with Gasteiger partial charge in [-0.05, 0) is 49.4 Å². The fourth-order valence-electron chi connectivity index (χ4n) is 4.54. The molecule has 1 N–H and O–H groups in total. The zero-order chi connectivity index (χ0) is 19.9. The third-order valence-electron chi connectivity index (χ3n) is 6.18. The van der Waals surface area contributed by atoms with Crippen molar-refractivity contribution in [3.8, 4) is 5.75 Å². The molecule has 0 spiro atoms. The number of unbranched alkanes of at least 4 members (excludes halogenated alkanes) is 3. The van der Waals surface area contributed by atoms with Crippen LogP contribution in [0.25, 0.3) is 10.9 Å². The minimum Gasteiger partial charge on any atom is -0.489 e. The van der Waals surface area contributed by atoms with E-state index in [1.54, 1.807) is 0 Å². The average Bonchev–Trinajstić information content (AvgIpc) is 3.21. The average molecular weight is 392 g/mol. The number of hydrogen-bond acceptors (Lipinski definition) is 2. The van der Waals surface area contributed by atoms with E-state index in [4.69, 9.17) is 9.47 Å². The molecule has 0 aliphatic carbocycles. The van der Waals surface area contributed by atoms with Crippen LogP contribution in [-0.4, -0.2) is 11.6 Å². The smallest absolute Gasteiger partial charge is 0.120 e. The summed E-state index contributed by atoms with van der Waals surface area (Å²) in [7, 11) is 0. The largest absolute Gasteiger partial charge is 0.489 e. The molecule has 1 saturated heterocycles. The van der Waals surface area contributed by atoms with E-state index >= 15 is 0 Å². The Hall–Kier alpha value is -2.26. The summed E-state index contributed by atoms with van der Waals surface area (Å²) in [5, 5.41) is 1.24. The van der Waals surface area contributed by atoms with E-state index in [1.165, 1.54) is 55.0 Å².